The van der Waals surface area contributed by atoms with Gasteiger partial charge in [-0.3, -0.25) is 4.79 Å². The normalized spacial score (nSPS) is 11.2. The second-order valence-electron chi connectivity index (χ2n) is 6.36. The van der Waals surface area contributed by atoms with Crippen molar-refractivity contribution in [2.45, 2.75) is 20.2 Å². The summed E-state index contributed by atoms with van der Waals surface area (Å²) < 4.78 is 42.4. The Hall–Kier alpha value is -3.63. The largest absolute Gasteiger partial charge is 0.573 e. The molecule has 0 spiro atoms. The van der Waals surface area contributed by atoms with E-state index in [0.717, 1.165) is 23.5 Å². The number of hydrogen-bond acceptors (Lipinski definition) is 6. The smallest absolute Gasteiger partial charge is 0.406 e. The van der Waals surface area contributed by atoms with E-state index in [1.165, 1.54) is 18.5 Å². The van der Waals surface area contributed by atoms with Crippen molar-refractivity contribution in [2.75, 3.05) is 18.4 Å². The highest BCUT2D eigenvalue weighted by molar-refractivity contribution is 5.94. The average molecular weight is 420 g/mol. The first-order valence-electron chi connectivity index (χ1n) is 8.95. The SMILES string of the molecule is Cc1cc(C)n(-c2cc(NCCNC(=O)c3cccc(OC(F)(F)F)c3)ncn2)n1. The summed E-state index contributed by atoms with van der Waals surface area (Å²) in [7, 11) is 0. The monoisotopic (exact) mass is 420 g/mol. The Morgan fingerprint density at radius 2 is 1.93 bits per heavy atom. The Morgan fingerprint density at radius 3 is 2.63 bits per heavy atom. The molecule has 0 unspecified atom stereocenters. The molecule has 0 bridgehead atoms. The molecule has 0 saturated carbocycles. The molecule has 11 heteroatoms. The van der Waals surface area contributed by atoms with Crippen LogP contribution in [0.3, 0.4) is 0 Å². The van der Waals surface area contributed by atoms with Crippen LogP contribution in [0.5, 0.6) is 5.75 Å². The molecule has 0 fully saturated rings. The maximum Gasteiger partial charge on any atom is 0.573 e. The van der Waals surface area contributed by atoms with E-state index in [0.29, 0.717) is 18.2 Å². The van der Waals surface area contributed by atoms with Crippen LogP contribution in [0.25, 0.3) is 5.82 Å². The molecule has 3 aromatic rings. The number of ether oxygens (including phenoxy) is 1. The van der Waals surface area contributed by atoms with Crippen molar-refractivity contribution >= 4 is 11.7 Å². The Morgan fingerprint density at radius 1 is 1.13 bits per heavy atom. The first-order valence-corrected chi connectivity index (χ1v) is 8.95. The number of hydrogen-bond donors (Lipinski definition) is 2. The fourth-order valence-corrected chi connectivity index (χ4v) is 2.72. The summed E-state index contributed by atoms with van der Waals surface area (Å²) in [4.78, 5) is 20.5. The number of alkyl halides is 3. The van der Waals surface area contributed by atoms with Gasteiger partial charge < -0.3 is 15.4 Å². The lowest BCUT2D eigenvalue weighted by molar-refractivity contribution is -0.274. The van der Waals surface area contributed by atoms with Crippen LogP contribution in [0.1, 0.15) is 21.7 Å². The first-order chi connectivity index (χ1) is 14.2. The molecule has 1 aromatic carbocycles. The second kappa shape index (κ2) is 8.80. The van der Waals surface area contributed by atoms with Crippen molar-refractivity contribution < 1.29 is 22.7 Å². The minimum atomic E-state index is -4.82. The van der Waals surface area contributed by atoms with E-state index < -0.39 is 18.0 Å². The van der Waals surface area contributed by atoms with Gasteiger partial charge in [0.2, 0.25) is 0 Å². The molecule has 0 atom stereocenters. The molecule has 30 heavy (non-hydrogen) atoms. The summed E-state index contributed by atoms with van der Waals surface area (Å²) in [6.45, 7) is 4.37. The van der Waals surface area contributed by atoms with Crippen LogP contribution in [-0.4, -0.2) is 45.1 Å². The van der Waals surface area contributed by atoms with Crippen LogP contribution in [0.15, 0.2) is 42.7 Å². The standard InChI is InChI=1S/C19H19F3N6O2/c1-12-8-13(2)28(27-12)17-10-16(25-11-26-17)23-6-7-24-18(29)14-4-3-5-15(9-14)30-19(20,21)22/h3-5,8-11H,6-7H2,1-2H3,(H,24,29)(H,23,25,26). The maximum atomic E-state index is 12.3. The van der Waals surface area contributed by atoms with E-state index in [9.17, 15) is 18.0 Å². The lowest BCUT2D eigenvalue weighted by Gasteiger charge is -2.11. The van der Waals surface area contributed by atoms with Crippen LogP contribution in [-0.2, 0) is 0 Å². The zero-order valence-corrected chi connectivity index (χ0v) is 16.2. The van der Waals surface area contributed by atoms with E-state index in [1.54, 1.807) is 10.7 Å². The van der Waals surface area contributed by atoms with Crippen molar-refractivity contribution in [2.24, 2.45) is 0 Å². The number of amides is 1. The van der Waals surface area contributed by atoms with Gasteiger partial charge >= 0.3 is 6.36 Å². The van der Waals surface area contributed by atoms with Gasteiger partial charge in [0.15, 0.2) is 5.82 Å². The van der Waals surface area contributed by atoms with Gasteiger partial charge in [-0.25, -0.2) is 14.6 Å². The van der Waals surface area contributed by atoms with Crippen LogP contribution in [0.4, 0.5) is 19.0 Å². The Labute approximate surface area is 170 Å². The average Bonchev–Trinajstić information content (AvgIpc) is 3.02. The van der Waals surface area contributed by atoms with Gasteiger partial charge in [0, 0.05) is 30.4 Å². The molecule has 158 valence electrons. The minimum Gasteiger partial charge on any atom is -0.406 e. The van der Waals surface area contributed by atoms with Gasteiger partial charge in [-0.1, -0.05) is 6.07 Å². The number of carbonyl (C=O) groups is 1. The number of aromatic nitrogens is 4. The van der Waals surface area contributed by atoms with Crippen molar-refractivity contribution in [3.63, 3.8) is 0 Å². The first kappa shape index (κ1) is 21.1. The van der Waals surface area contributed by atoms with Gasteiger partial charge in [0.25, 0.3) is 5.91 Å². The van der Waals surface area contributed by atoms with E-state index >= 15 is 0 Å². The molecule has 2 aromatic heterocycles. The third-order valence-corrected chi connectivity index (χ3v) is 3.93. The summed E-state index contributed by atoms with van der Waals surface area (Å²) in [5.41, 5.74) is 1.86. The van der Waals surface area contributed by atoms with Crippen LogP contribution >= 0.6 is 0 Å². The molecule has 3 rings (SSSR count). The fraction of sp³-hybridized carbons (Fsp3) is 0.263. The number of nitrogens with zero attached hydrogens (tertiary/aromatic N) is 4. The lowest BCUT2D eigenvalue weighted by atomic mass is 10.2. The quantitative estimate of drug-likeness (QED) is 0.571. The second-order valence-corrected chi connectivity index (χ2v) is 6.36. The highest BCUT2D eigenvalue weighted by atomic mass is 19.4. The molecule has 1 amide bonds. The molecule has 0 radical (unpaired) electrons. The van der Waals surface area contributed by atoms with E-state index in [-0.39, 0.29) is 12.1 Å². The van der Waals surface area contributed by atoms with E-state index in [4.69, 9.17) is 0 Å². The minimum absolute atomic E-state index is 0.0607. The fourth-order valence-electron chi connectivity index (χ4n) is 2.72. The molecule has 0 saturated heterocycles. The number of halogens is 3. The lowest BCUT2D eigenvalue weighted by Crippen LogP contribution is -2.29. The summed E-state index contributed by atoms with van der Waals surface area (Å²) in [6.07, 6.45) is -3.42. The molecular weight excluding hydrogens is 401 g/mol. The predicted octanol–water partition coefficient (Wildman–Crippen LogP) is 3.02. The zero-order valence-electron chi connectivity index (χ0n) is 16.2. The highest BCUT2D eigenvalue weighted by Crippen LogP contribution is 2.23. The molecule has 0 aliphatic heterocycles. The maximum absolute atomic E-state index is 12.3. The highest BCUT2D eigenvalue weighted by Gasteiger charge is 2.31. The molecular formula is C19H19F3N6O2. The van der Waals surface area contributed by atoms with Crippen molar-refractivity contribution in [3.05, 3.63) is 59.7 Å². The van der Waals surface area contributed by atoms with Gasteiger partial charge in [0.1, 0.15) is 17.9 Å². The van der Waals surface area contributed by atoms with Crippen LogP contribution in [0, 0.1) is 13.8 Å². The van der Waals surface area contributed by atoms with Crippen LogP contribution in [0.2, 0.25) is 0 Å². The number of anilines is 1. The molecule has 0 aliphatic carbocycles. The number of carbonyl (C=O) groups excluding carboxylic acids is 1. The van der Waals surface area contributed by atoms with Gasteiger partial charge in [0.05, 0.1) is 5.69 Å². The zero-order chi connectivity index (χ0) is 21.7. The van der Waals surface area contributed by atoms with Crippen molar-refractivity contribution in [1.29, 1.82) is 0 Å². The summed E-state index contributed by atoms with van der Waals surface area (Å²) in [5, 5.41) is 10.0. The molecule has 8 nitrogen and oxygen atoms in total. The number of rotatable bonds is 7. The van der Waals surface area contributed by atoms with E-state index in [1.807, 2.05) is 19.9 Å². The van der Waals surface area contributed by atoms with Gasteiger partial charge in [-0.05, 0) is 38.1 Å². The number of benzene rings is 1. The Bertz CT molecular complexity index is 1040. The third-order valence-electron chi connectivity index (χ3n) is 3.93. The predicted molar refractivity (Wildman–Crippen MR) is 103 cm³/mol. The molecule has 0 aliphatic rings. The molecule has 2 heterocycles. The summed E-state index contributed by atoms with van der Waals surface area (Å²) in [6, 6.07) is 8.52. The number of nitrogens with one attached hydrogen (secondary N) is 2. The topological polar surface area (TPSA) is 94.0 Å². The summed E-state index contributed by atoms with van der Waals surface area (Å²) in [5.74, 6) is 0.173. The van der Waals surface area contributed by atoms with E-state index in [2.05, 4.69) is 30.4 Å². The van der Waals surface area contributed by atoms with Gasteiger partial charge in [-0.2, -0.15) is 5.10 Å². The van der Waals surface area contributed by atoms with Crippen LogP contribution < -0.4 is 15.4 Å². The molecule has 2 N–H and O–H groups in total. The Balaban J connectivity index is 1.53. The van der Waals surface area contributed by atoms with Gasteiger partial charge in [-0.15, -0.1) is 13.2 Å². The third kappa shape index (κ3) is 5.69. The Kier molecular flexibility index (Phi) is 6.19. The van der Waals surface area contributed by atoms with Crippen molar-refractivity contribution in [1.82, 2.24) is 25.1 Å². The van der Waals surface area contributed by atoms with Crippen molar-refractivity contribution in [3.8, 4) is 11.6 Å². The number of aryl methyl sites for hydroxylation is 2. The summed E-state index contributed by atoms with van der Waals surface area (Å²) >= 11 is 0.